The molecule has 3 unspecified atom stereocenters. The first-order valence-corrected chi connectivity index (χ1v) is 26.4. The summed E-state index contributed by atoms with van der Waals surface area (Å²) in [4.78, 5) is 44.3. The van der Waals surface area contributed by atoms with Crippen molar-refractivity contribution in [2.75, 3.05) is 63.9 Å². The normalized spacial score (nSPS) is 23.8. The summed E-state index contributed by atoms with van der Waals surface area (Å²) in [5.41, 5.74) is 5.54. The summed E-state index contributed by atoms with van der Waals surface area (Å²) in [6.07, 6.45) is 4.69. The number of aromatic nitrogens is 2. The Kier molecular flexibility index (Phi) is 15.1. The molecule has 400 valence electrons. The number of aryl methyl sites for hydroxylation is 1. The molecule has 5 aromatic rings. The molecule has 0 bridgehead atoms. The average Bonchev–Trinajstić information content (AvgIpc) is 3.93. The fourth-order valence-electron chi connectivity index (χ4n) is 12.5. The Morgan fingerprint density at radius 3 is 2.33 bits per heavy atom. The molecule has 1 saturated carbocycles. The molecule has 5 aliphatic rings. The molecule has 4 fully saturated rings. The van der Waals surface area contributed by atoms with Crippen molar-refractivity contribution >= 4 is 46.0 Å². The highest BCUT2D eigenvalue weighted by Crippen LogP contribution is 2.57. The molecule has 4 aliphatic heterocycles. The number of ether oxygens (including phenoxy) is 2. The van der Waals surface area contributed by atoms with Crippen molar-refractivity contribution in [1.29, 1.82) is 0 Å². The number of piperidine rings is 2. The van der Waals surface area contributed by atoms with Gasteiger partial charge in [0.05, 0.1) is 22.6 Å². The zero-order valence-electron chi connectivity index (χ0n) is 42.0. The topological polar surface area (TPSA) is 188 Å². The molecule has 3 amide bonds. The van der Waals surface area contributed by atoms with Gasteiger partial charge < -0.3 is 50.8 Å². The zero-order chi connectivity index (χ0) is 52.9. The number of amides is 3. The van der Waals surface area contributed by atoms with Crippen molar-refractivity contribution in [2.24, 2.45) is 24.6 Å². The molecule has 1 aliphatic carbocycles. The predicted octanol–water partition coefficient (Wildman–Crippen LogP) is 7.18. The van der Waals surface area contributed by atoms with Gasteiger partial charge in [0.2, 0.25) is 24.1 Å². The van der Waals surface area contributed by atoms with Gasteiger partial charge in [-0.2, -0.15) is 5.10 Å². The highest BCUT2D eigenvalue weighted by Gasteiger charge is 2.50. The van der Waals surface area contributed by atoms with Crippen LogP contribution in [0.15, 0.2) is 54.6 Å². The van der Waals surface area contributed by atoms with Gasteiger partial charge in [0.1, 0.15) is 29.5 Å². The Bertz CT molecular complexity index is 2980. The van der Waals surface area contributed by atoms with Crippen LogP contribution >= 0.6 is 11.6 Å². The van der Waals surface area contributed by atoms with Crippen molar-refractivity contribution in [3.63, 3.8) is 0 Å². The SMILES string of the molecule is CC1c2c(cc(F)c(Cl)c2-c2c(C(N)=O)ccc(OCCO)c2F)OC1(CNC1CCC(C(=O)N2CCC(CN3CCC(c4cc(F)c5c(N6CCC(=O)NC6O)nn(C)c5c4F)CC3)CC2)CC1)c1ccccc1. The summed E-state index contributed by atoms with van der Waals surface area (Å²) in [5, 5.41) is 29.9. The second-order valence-electron chi connectivity index (χ2n) is 20.9. The van der Waals surface area contributed by atoms with Crippen LogP contribution in [0.1, 0.15) is 104 Å². The lowest BCUT2D eigenvalue weighted by Gasteiger charge is -2.40. The summed E-state index contributed by atoms with van der Waals surface area (Å²) < 4.78 is 78.0. The fourth-order valence-corrected chi connectivity index (χ4v) is 12.7. The molecular weight excluding hydrogens is 996 g/mol. The molecular formula is C55H63ClF4N8O7. The summed E-state index contributed by atoms with van der Waals surface area (Å²) in [6, 6.07) is 14.5. The predicted molar refractivity (Wildman–Crippen MR) is 273 cm³/mol. The number of likely N-dealkylation sites (tertiary alicyclic amines) is 2. The Hall–Kier alpha value is -5.99. The second-order valence-corrected chi connectivity index (χ2v) is 21.2. The molecule has 0 spiro atoms. The van der Waals surface area contributed by atoms with Gasteiger partial charge in [-0.25, -0.2) is 17.6 Å². The van der Waals surface area contributed by atoms with Crippen LogP contribution in [0.4, 0.5) is 23.4 Å². The Balaban J connectivity index is 0.738. The van der Waals surface area contributed by atoms with Gasteiger partial charge in [-0.05, 0) is 106 Å². The second kappa shape index (κ2) is 21.6. The van der Waals surface area contributed by atoms with Crippen molar-refractivity contribution in [2.45, 2.75) is 94.5 Å². The van der Waals surface area contributed by atoms with Crippen LogP contribution < -0.4 is 30.7 Å². The van der Waals surface area contributed by atoms with Crippen LogP contribution in [0.3, 0.4) is 0 Å². The number of halogens is 5. The van der Waals surface area contributed by atoms with Gasteiger partial charge in [0.15, 0.2) is 28.8 Å². The van der Waals surface area contributed by atoms with E-state index in [1.807, 2.05) is 42.2 Å². The van der Waals surface area contributed by atoms with E-state index in [0.29, 0.717) is 55.8 Å². The number of aliphatic hydroxyl groups excluding tert-OH is 2. The number of anilines is 1. The monoisotopic (exact) mass is 1060 g/mol. The highest BCUT2D eigenvalue weighted by molar-refractivity contribution is 6.34. The van der Waals surface area contributed by atoms with E-state index in [0.717, 1.165) is 50.9 Å². The highest BCUT2D eigenvalue weighted by atomic mass is 35.5. The third-order valence-electron chi connectivity index (χ3n) is 16.5. The molecule has 20 heteroatoms. The average molecular weight is 1060 g/mol. The number of nitrogens with two attached hydrogens (primary N) is 1. The van der Waals surface area contributed by atoms with E-state index in [-0.39, 0.29) is 101 Å². The van der Waals surface area contributed by atoms with Crippen molar-refractivity contribution in [3.8, 4) is 22.6 Å². The number of benzene rings is 4. The number of carbonyl (C=O) groups excluding carboxylic acids is 3. The Morgan fingerprint density at radius 1 is 0.933 bits per heavy atom. The van der Waals surface area contributed by atoms with Crippen LogP contribution in [0.2, 0.25) is 5.02 Å². The lowest BCUT2D eigenvalue weighted by Crippen LogP contribution is -2.54. The number of hydrogen-bond acceptors (Lipinski definition) is 11. The van der Waals surface area contributed by atoms with Gasteiger partial charge in [0, 0.05) is 86.8 Å². The van der Waals surface area contributed by atoms with Gasteiger partial charge in [0.25, 0.3) is 0 Å². The van der Waals surface area contributed by atoms with E-state index in [9.17, 15) is 24.6 Å². The van der Waals surface area contributed by atoms with Crippen LogP contribution in [-0.2, 0) is 22.2 Å². The first-order valence-electron chi connectivity index (χ1n) is 26.0. The molecule has 15 nitrogen and oxygen atoms in total. The Labute approximate surface area is 437 Å². The Morgan fingerprint density at radius 2 is 1.65 bits per heavy atom. The van der Waals surface area contributed by atoms with E-state index in [4.69, 9.17) is 26.8 Å². The van der Waals surface area contributed by atoms with Crippen molar-refractivity contribution < 1.29 is 51.6 Å². The molecule has 6 N–H and O–H groups in total. The van der Waals surface area contributed by atoms with Crippen molar-refractivity contribution in [1.82, 2.24) is 30.2 Å². The standard InChI is InChI=1S/C55H63ClF4N8O7/c1-30-43-41(27-39(58)47(56)46(43)44-36(51(61)71)12-13-40(49(44)60)74-25-24-69)75-55(30,34-6-4-3-5-7-34)29-62-35-10-8-33(9-11-35)53(72)67-21-14-31(15-22-67)28-66-19-16-32(17-20-66)37-26-38(57)45-50(48(37)59)65(2)64-52(45)68-23-18-42(70)63-54(68)73/h3-7,12-13,26-27,30-33,35,54,62,69,73H,8-11,14-25,28-29H2,1-2H3,(H2,61,71)(H,63,70). The molecule has 4 aromatic carbocycles. The number of fused-ring (bicyclic) bond motifs is 2. The largest absolute Gasteiger partial charge is 0.488 e. The minimum atomic E-state index is -1.39. The van der Waals surface area contributed by atoms with E-state index in [1.165, 1.54) is 33.8 Å². The van der Waals surface area contributed by atoms with Crippen LogP contribution in [-0.4, -0.2) is 119 Å². The summed E-state index contributed by atoms with van der Waals surface area (Å²) in [7, 11) is 1.55. The number of nitrogens with one attached hydrogen (secondary N) is 2. The van der Waals surface area contributed by atoms with E-state index in [1.54, 1.807) is 7.05 Å². The third-order valence-corrected chi connectivity index (χ3v) is 16.9. The summed E-state index contributed by atoms with van der Waals surface area (Å²) in [5.74, 6) is -4.60. The lowest BCUT2D eigenvalue weighted by molar-refractivity contribution is -0.138. The van der Waals surface area contributed by atoms with Crippen LogP contribution in [0.25, 0.3) is 22.0 Å². The number of hydrogen-bond donors (Lipinski definition) is 5. The van der Waals surface area contributed by atoms with Crippen LogP contribution in [0.5, 0.6) is 11.5 Å². The van der Waals surface area contributed by atoms with Gasteiger partial charge in [-0.1, -0.05) is 48.9 Å². The third kappa shape index (κ3) is 9.90. The van der Waals surface area contributed by atoms with Gasteiger partial charge in [-0.15, -0.1) is 0 Å². The van der Waals surface area contributed by atoms with Crippen molar-refractivity contribution in [3.05, 3.63) is 105 Å². The first kappa shape index (κ1) is 52.5. The minimum absolute atomic E-state index is 0.0236. The number of rotatable bonds is 14. The molecule has 3 saturated heterocycles. The smallest absolute Gasteiger partial charge is 0.249 e. The molecule has 10 rings (SSSR count). The first-order chi connectivity index (χ1) is 36.1. The maximum absolute atomic E-state index is 16.5. The van der Waals surface area contributed by atoms with Gasteiger partial charge in [-0.3, -0.25) is 19.1 Å². The molecule has 0 radical (unpaired) electrons. The van der Waals surface area contributed by atoms with E-state index >= 15 is 17.6 Å². The van der Waals surface area contributed by atoms with Crippen LogP contribution in [0, 0.1) is 35.1 Å². The molecule has 1 aromatic heterocycles. The number of nitrogens with zero attached hydrogens (tertiary/aromatic N) is 5. The molecule has 3 atom stereocenters. The fraction of sp³-hybridized carbons (Fsp3) is 0.491. The quantitative estimate of drug-likeness (QED) is 0.0710. The molecule has 75 heavy (non-hydrogen) atoms. The maximum atomic E-state index is 16.5. The molecule has 5 heterocycles. The van der Waals surface area contributed by atoms with E-state index in [2.05, 4.69) is 20.6 Å². The summed E-state index contributed by atoms with van der Waals surface area (Å²) in [6.45, 7) is 5.39. The maximum Gasteiger partial charge on any atom is 0.249 e. The number of aliphatic hydroxyl groups is 2. The minimum Gasteiger partial charge on any atom is -0.488 e. The van der Waals surface area contributed by atoms with E-state index < -0.39 is 58.7 Å². The van der Waals surface area contributed by atoms with Gasteiger partial charge >= 0.3 is 0 Å². The lowest BCUT2D eigenvalue weighted by atomic mass is 9.77. The summed E-state index contributed by atoms with van der Waals surface area (Å²) >= 11 is 6.72. The zero-order valence-corrected chi connectivity index (χ0v) is 42.8. The number of carbonyl (C=O) groups is 3. The number of primary amides is 1.